The van der Waals surface area contributed by atoms with E-state index in [2.05, 4.69) is 228 Å². The van der Waals surface area contributed by atoms with Crippen molar-refractivity contribution in [2.75, 3.05) is 4.90 Å². The minimum atomic E-state index is -0.466. The van der Waals surface area contributed by atoms with E-state index in [1.807, 2.05) is 0 Å². The Morgan fingerprint density at radius 1 is 0.371 bits per heavy atom. The van der Waals surface area contributed by atoms with Crippen LogP contribution in [-0.2, 0) is 5.41 Å². The summed E-state index contributed by atoms with van der Waals surface area (Å²) in [7, 11) is 0. The van der Waals surface area contributed by atoms with Gasteiger partial charge in [-0.05, 0) is 122 Å². The third-order valence-corrected chi connectivity index (χ3v) is 13.8. The Hall–Kier alpha value is -8.14. The van der Waals surface area contributed by atoms with Crippen molar-refractivity contribution in [3.63, 3.8) is 0 Å². The zero-order valence-electron chi connectivity index (χ0n) is 33.6. The lowest BCUT2D eigenvalue weighted by atomic mass is 9.70. The maximum atomic E-state index is 6.57. The first kappa shape index (κ1) is 33.7. The molecule has 3 heteroatoms. The van der Waals surface area contributed by atoms with E-state index < -0.39 is 5.41 Å². The smallest absolute Gasteiger partial charge is 0.137 e. The zero-order valence-corrected chi connectivity index (χ0v) is 33.6. The van der Waals surface area contributed by atoms with Gasteiger partial charge in [0.2, 0.25) is 0 Å². The monoisotopic (exact) mass is 788 g/mol. The van der Waals surface area contributed by atoms with Gasteiger partial charge in [0.1, 0.15) is 11.2 Å². The van der Waals surface area contributed by atoms with E-state index in [-0.39, 0.29) is 0 Å². The van der Waals surface area contributed by atoms with Crippen LogP contribution in [-0.4, -0.2) is 4.57 Å². The Morgan fingerprint density at radius 2 is 0.952 bits per heavy atom. The standard InChI is InChI=1S/C59H36N2O/c1-2-15-38-34-39(29-28-37(38)14-1)61-53-24-11-6-19-46(53)48-35-40(31-33-54(48)61)60(55-25-13-27-57-58(55)47-20-7-12-26-56(47)62-57)41-30-32-45-44-18-5-10-23-51(44)59(52(45)36-41)49-21-8-3-16-42(49)43-17-4-9-22-50(43)59/h1-36H. The molecule has 2 aromatic heterocycles. The summed E-state index contributed by atoms with van der Waals surface area (Å²) in [6.07, 6.45) is 0. The summed E-state index contributed by atoms with van der Waals surface area (Å²) in [5, 5.41) is 7.07. The normalized spacial score (nSPS) is 13.3. The molecule has 0 saturated carbocycles. The van der Waals surface area contributed by atoms with Gasteiger partial charge in [0.05, 0.1) is 27.5 Å². The van der Waals surface area contributed by atoms with E-state index in [1.165, 1.54) is 77.1 Å². The topological polar surface area (TPSA) is 21.3 Å². The molecule has 0 fully saturated rings. The van der Waals surface area contributed by atoms with Crippen LogP contribution in [0, 0.1) is 0 Å². The lowest BCUT2D eigenvalue weighted by molar-refractivity contribution is 0.669. The van der Waals surface area contributed by atoms with E-state index in [0.29, 0.717) is 0 Å². The Labute approximate surface area is 358 Å². The molecule has 288 valence electrons. The van der Waals surface area contributed by atoms with E-state index >= 15 is 0 Å². The molecule has 10 aromatic carbocycles. The largest absolute Gasteiger partial charge is 0.456 e. The SMILES string of the molecule is c1ccc2c(c1)-c1ccccc1C21c2ccccc2-c2ccc(N(c3ccc4c(c3)c3ccccc3n4-c3ccc4ccccc4c3)c3cccc4oc5ccccc5c34)cc21. The molecule has 0 atom stereocenters. The maximum Gasteiger partial charge on any atom is 0.137 e. The molecular weight excluding hydrogens is 753 g/mol. The lowest BCUT2D eigenvalue weighted by Gasteiger charge is -2.32. The third kappa shape index (κ3) is 4.39. The minimum absolute atomic E-state index is 0.466. The average Bonchev–Trinajstić information content (AvgIpc) is 4.05. The van der Waals surface area contributed by atoms with Crippen LogP contribution in [0.15, 0.2) is 223 Å². The van der Waals surface area contributed by atoms with Crippen molar-refractivity contribution >= 4 is 71.6 Å². The van der Waals surface area contributed by atoms with E-state index in [0.717, 1.165) is 44.7 Å². The number of nitrogens with zero attached hydrogens (tertiary/aromatic N) is 2. The van der Waals surface area contributed by atoms with Gasteiger partial charge in [-0.25, -0.2) is 0 Å². The van der Waals surface area contributed by atoms with Gasteiger partial charge >= 0.3 is 0 Å². The van der Waals surface area contributed by atoms with Gasteiger partial charge in [-0.1, -0.05) is 152 Å². The Morgan fingerprint density at radius 3 is 1.73 bits per heavy atom. The number of hydrogen-bond donors (Lipinski definition) is 0. The highest BCUT2D eigenvalue weighted by molar-refractivity contribution is 6.15. The number of rotatable bonds is 4. The van der Waals surface area contributed by atoms with Crippen LogP contribution < -0.4 is 4.90 Å². The Balaban J connectivity index is 1.06. The Kier molecular flexibility index (Phi) is 6.76. The zero-order chi connectivity index (χ0) is 40.5. The van der Waals surface area contributed by atoms with E-state index in [4.69, 9.17) is 4.42 Å². The van der Waals surface area contributed by atoms with Gasteiger partial charge in [-0.3, -0.25) is 0 Å². The van der Waals surface area contributed by atoms with Crippen molar-refractivity contribution in [2.24, 2.45) is 0 Å². The molecule has 62 heavy (non-hydrogen) atoms. The molecule has 0 radical (unpaired) electrons. The summed E-state index contributed by atoms with van der Waals surface area (Å²) in [6.45, 7) is 0. The summed E-state index contributed by atoms with van der Waals surface area (Å²) in [5.41, 5.74) is 18.5. The predicted molar refractivity (Wildman–Crippen MR) is 257 cm³/mol. The highest BCUT2D eigenvalue weighted by Crippen LogP contribution is 2.63. The van der Waals surface area contributed by atoms with Crippen LogP contribution in [0.4, 0.5) is 17.1 Å². The highest BCUT2D eigenvalue weighted by atomic mass is 16.3. The summed E-state index contributed by atoms with van der Waals surface area (Å²) in [6, 6.07) is 80.4. The number of hydrogen-bond acceptors (Lipinski definition) is 2. The Bertz CT molecular complexity index is 3780. The van der Waals surface area contributed by atoms with Crippen molar-refractivity contribution in [3.8, 4) is 27.9 Å². The predicted octanol–water partition coefficient (Wildman–Crippen LogP) is 15.6. The van der Waals surface area contributed by atoms with Gasteiger partial charge in [0, 0.05) is 33.2 Å². The molecule has 2 heterocycles. The van der Waals surface area contributed by atoms with Crippen LogP contribution in [0.25, 0.3) is 82.5 Å². The second-order valence-electron chi connectivity index (χ2n) is 16.8. The molecule has 14 rings (SSSR count). The van der Waals surface area contributed by atoms with Crippen LogP contribution in [0.2, 0.25) is 0 Å². The number of benzene rings is 10. The van der Waals surface area contributed by atoms with Gasteiger partial charge in [-0.2, -0.15) is 0 Å². The molecule has 0 N–H and O–H groups in total. The maximum absolute atomic E-state index is 6.57. The molecule has 3 nitrogen and oxygen atoms in total. The number of aromatic nitrogens is 1. The average molecular weight is 789 g/mol. The van der Waals surface area contributed by atoms with Crippen LogP contribution in [0.3, 0.4) is 0 Å². The van der Waals surface area contributed by atoms with E-state index in [9.17, 15) is 0 Å². The quantitative estimate of drug-likeness (QED) is 0.177. The summed E-state index contributed by atoms with van der Waals surface area (Å²) in [4.78, 5) is 2.47. The minimum Gasteiger partial charge on any atom is -0.456 e. The van der Waals surface area contributed by atoms with Crippen molar-refractivity contribution in [3.05, 3.63) is 241 Å². The fourth-order valence-corrected chi connectivity index (χ4v) is 11.3. The first-order valence-electron chi connectivity index (χ1n) is 21.4. The van der Waals surface area contributed by atoms with Gasteiger partial charge in [0.25, 0.3) is 0 Å². The van der Waals surface area contributed by atoms with Gasteiger partial charge in [-0.15, -0.1) is 0 Å². The number of anilines is 3. The lowest BCUT2D eigenvalue weighted by Crippen LogP contribution is -2.26. The number of para-hydroxylation sites is 2. The number of fused-ring (bicyclic) bond motifs is 17. The number of furan rings is 1. The molecule has 0 unspecified atom stereocenters. The fraction of sp³-hybridized carbons (Fsp3) is 0.0169. The third-order valence-electron chi connectivity index (χ3n) is 13.8. The van der Waals surface area contributed by atoms with Crippen molar-refractivity contribution in [2.45, 2.75) is 5.41 Å². The second-order valence-corrected chi connectivity index (χ2v) is 16.8. The summed E-state index contributed by atoms with van der Waals surface area (Å²) >= 11 is 0. The molecule has 0 amide bonds. The van der Waals surface area contributed by atoms with Gasteiger partial charge < -0.3 is 13.9 Å². The van der Waals surface area contributed by atoms with Crippen molar-refractivity contribution in [1.29, 1.82) is 0 Å². The summed E-state index contributed by atoms with van der Waals surface area (Å²) < 4.78 is 8.98. The first-order chi connectivity index (χ1) is 30.8. The van der Waals surface area contributed by atoms with Crippen LogP contribution in [0.1, 0.15) is 22.3 Å². The van der Waals surface area contributed by atoms with Crippen LogP contribution >= 0.6 is 0 Å². The van der Waals surface area contributed by atoms with Crippen LogP contribution in [0.5, 0.6) is 0 Å². The fourth-order valence-electron chi connectivity index (χ4n) is 11.3. The van der Waals surface area contributed by atoms with Crippen molar-refractivity contribution in [1.82, 2.24) is 4.57 Å². The molecule has 2 aliphatic rings. The van der Waals surface area contributed by atoms with E-state index in [1.54, 1.807) is 0 Å². The first-order valence-corrected chi connectivity index (χ1v) is 21.4. The summed E-state index contributed by atoms with van der Waals surface area (Å²) in [5.74, 6) is 0. The molecule has 0 bridgehead atoms. The molecule has 0 saturated heterocycles. The molecular formula is C59H36N2O. The highest BCUT2D eigenvalue weighted by Gasteiger charge is 2.51. The second kappa shape index (κ2) is 12.4. The molecule has 1 spiro atoms. The molecule has 0 aliphatic heterocycles. The molecule has 2 aliphatic carbocycles. The van der Waals surface area contributed by atoms with Gasteiger partial charge in [0.15, 0.2) is 0 Å². The van der Waals surface area contributed by atoms with Crippen molar-refractivity contribution < 1.29 is 4.42 Å². The molecule has 12 aromatic rings.